The van der Waals surface area contributed by atoms with Crippen molar-refractivity contribution < 1.29 is 27.5 Å². The van der Waals surface area contributed by atoms with Gasteiger partial charge in [0.25, 0.3) is 11.8 Å². The molecular formula is C48H58ClF3N4O3. The number of carbonyl (C=O) groups is 2. The molecule has 2 unspecified atom stereocenters. The zero-order valence-corrected chi connectivity index (χ0v) is 35.6. The minimum atomic E-state index is -4.87. The molecule has 2 N–H and O–H groups in total. The van der Waals surface area contributed by atoms with E-state index in [9.17, 15) is 22.8 Å². The predicted molar refractivity (Wildman–Crippen MR) is 229 cm³/mol. The normalized spacial score (nSPS) is 24.7. The second-order valence-electron chi connectivity index (χ2n) is 16.5. The number of likely N-dealkylation sites (N-methyl/N-ethyl adjacent to an activating group) is 2. The van der Waals surface area contributed by atoms with Crippen molar-refractivity contribution in [3.63, 3.8) is 0 Å². The Morgan fingerprint density at radius 1 is 0.678 bits per heavy atom. The number of ether oxygens (including phenoxy) is 1. The van der Waals surface area contributed by atoms with Crippen molar-refractivity contribution in [3.05, 3.63) is 136 Å². The number of alkyl halides is 3. The van der Waals surface area contributed by atoms with Crippen LogP contribution in [0.3, 0.4) is 0 Å². The van der Waals surface area contributed by atoms with Crippen LogP contribution in [0, 0.1) is 18.8 Å². The minimum Gasteiger partial charge on any atom is -0.405 e. The van der Waals surface area contributed by atoms with Gasteiger partial charge in [0.05, 0.1) is 28.2 Å². The number of fused-ring (bicyclic) bond motifs is 6. The van der Waals surface area contributed by atoms with Crippen molar-refractivity contribution in [1.29, 1.82) is 0 Å². The van der Waals surface area contributed by atoms with E-state index in [-0.39, 0.29) is 34.6 Å². The van der Waals surface area contributed by atoms with Gasteiger partial charge in [-0.05, 0) is 119 Å². The fourth-order valence-corrected chi connectivity index (χ4v) is 10.5. The Hall–Kier alpha value is -4.38. The summed E-state index contributed by atoms with van der Waals surface area (Å²) in [6, 6.07) is 30.8. The molecule has 11 heteroatoms. The average molecular weight is 831 g/mol. The van der Waals surface area contributed by atoms with Crippen LogP contribution in [0.2, 0.25) is 5.02 Å². The van der Waals surface area contributed by atoms with Crippen molar-refractivity contribution in [3.8, 4) is 5.75 Å². The van der Waals surface area contributed by atoms with E-state index < -0.39 is 18.0 Å². The van der Waals surface area contributed by atoms with Crippen LogP contribution < -0.4 is 15.4 Å². The fraction of sp³-hybridized carbons (Fsp3) is 0.458. The molecule has 10 rings (SSSR count). The molecule has 6 fully saturated rings. The Morgan fingerprint density at radius 3 is 1.56 bits per heavy atom. The van der Waals surface area contributed by atoms with Gasteiger partial charge in [0.2, 0.25) is 0 Å². The third-order valence-electron chi connectivity index (χ3n) is 13.2. The van der Waals surface area contributed by atoms with Crippen LogP contribution in [-0.2, 0) is 0 Å². The molecule has 6 aliphatic rings. The van der Waals surface area contributed by atoms with Crippen molar-refractivity contribution in [2.75, 3.05) is 27.2 Å². The Kier molecular flexibility index (Phi) is 14.2. The van der Waals surface area contributed by atoms with Gasteiger partial charge < -0.3 is 15.4 Å². The van der Waals surface area contributed by atoms with Gasteiger partial charge in [-0.1, -0.05) is 110 Å². The van der Waals surface area contributed by atoms with E-state index >= 15 is 0 Å². The molecule has 7 nitrogen and oxygen atoms in total. The lowest BCUT2D eigenvalue weighted by Crippen LogP contribution is -2.62. The third-order valence-corrected chi connectivity index (χ3v) is 13.5. The van der Waals surface area contributed by atoms with Crippen LogP contribution in [0.25, 0.3) is 0 Å². The number of carbonyl (C=O) groups excluding carboxylic acids is 2. The number of piperidine rings is 4. The molecular weight excluding hydrogens is 773 g/mol. The van der Waals surface area contributed by atoms with Crippen molar-refractivity contribution in [2.24, 2.45) is 11.8 Å². The minimum absolute atomic E-state index is 0.0269. The average Bonchev–Trinajstić information content (AvgIpc) is 3.24. The molecule has 4 heterocycles. The third kappa shape index (κ3) is 9.66. The number of halogens is 4. The maximum atomic E-state index is 13.3. The number of nitrogens with zero attached hydrogens (tertiary/aromatic N) is 2. The van der Waals surface area contributed by atoms with Crippen LogP contribution in [0.1, 0.15) is 115 Å². The number of benzene rings is 4. The highest BCUT2D eigenvalue weighted by molar-refractivity contribution is 6.34. The molecule has 0 radical (unpaired) electrons. The predicted octanol–water partition coefficient (Wildman–Crippen LogP) is 11.0. The summed E-state index contributed by atoms with van der Waals surface area (Å²) < 4.78 is 42.5. The molecule has 4 aromatic rings. The zero-order valence-electron chi connectivity index (χ0n) is 34.8. The second kappa shape index (κ2) is 18.9. The second-order valence-corrected chi connectivity index (χ2v) is 16.9. The number of hydrogen-bond acceptors (Lipinski definition) is 5. The lowest BCUT2D eigenvalue weighted by atomic mass is 9.65. The summed E-state index contributed by atoms with van der Waals surface area (Å²) >= 11 is 6.37. The van der Waals surface area contributed by atoms with Crippen LogP contribution in [0.4, 0.5) is 13.2 Å². The number of rotatable bonds is 9. The Morgan fingerprint density at radius 2 is 1.12 bits per heavy atom. The highest BCUT2D eigenvalue weighted by Crippen LogP contribution is 2.50. The standard InChI is InChI=1S/C23H27ClN2O.C23H25F3N2O2.C2H6/c1-16-7-6-10-19(24)20(16)22(27)25-21(18-8-4-3-5-9-18)23-13-11-17(12-14-23)15-26(23)2;1-28-15-16-11-13-22(28,14-12-16)20(17-7-3-2-4-8-17)27-21(29)18-9-5-6-10-19(18)30-23(24,25)26;1-2/h3-10,17,21H,11-15H2,1-2H3,(H,25,27);2-10,16,20H,11-15H2,1H3,(H,27,29);1-2H3. The Balaban J connectivity index is 0.000000191. The smallest absolute Gasteiger partial charge is 0.405 e. The summed E-state index contributed by atoms with van der Waals surface area (Å²) in [6.07, 6.45) is 3.93. The molecule has 4 bridgehead atoms. The van der Waals surface area contributed by atoms with E-state index in [0.29, 0.717) is 16.5 Å². The molecule has 2 aliphatic carbocycles. The first-order valence-corrected chi connectivity index (χ1v) is 21.4. The first kappa shape index (κ1) is 44.2. The quantitative estimate of drug-likeness (QED) is 0.176. The Bertz CT molecular complexity index is 1990. The molecule has 0 aromatic heterocycles. The van der Waals surface area contributed by atoms with Crippen LogP contribution in [0.5, 0.6) is 5.75 Å². The molecule has 4 saturated heterocycles. The van der Waals surface area contributed by atoms with Gasteiger partial charge >= 0.3 is 6.36 Å². The highest BCUT2D eigenvalue weighted by atomic mass is 35.5. The van der Waals surface area contributed by atoms with E-state index in [2.05, 4.69) is 63.5 Å². The number of nitrogens with one attached hydrogen (secondary N) is 2. The molecule has 4 aromatic carbocycles. The van der Waals surface area contributed by atoms with Gasteiger partial charge in [-0.25, -0.2) is 0 Å². The molecule has 4 aliphatic heterocycles. The largest absolute Gasteiger partial charge is 0.573 e. The topological polar surface area (TPSA) is 73.9 Å². The van der Waals surface area contributed by atoms with Crippen LogP contribution in [0.15, 0.2) is 103 Å². The monoisotopic (exact) mass is 830 g/mol. The van der Waals surface area contributed by atoms with E-state index in [1.807, 2.05) is 69.3 Å². The van der Waals surface area contributed by atoms with Gasteiger partial charge in [-0.15, -0.1) is 13.2 Å². The number of aryl methyl sites for hydroxylation is 1. The summed E-state index contributed by atoms with van der Waals surface area (Å²) in [7, 11) is 4.29. The molecule has 2 saturated carbocycles. The summed E-state index contributed by atoms with van der Waals surface area (Å²) in [5.74, 6) is 0.328. The SMILES string of the molecule is CC.CN1CC2CCC1(C(NC(=O)c1ccccc1OC(F)(F)F)c1ccccc1)CC2.Cc1cccc(Cl)c1C(=O)NC(c1ccccc1)C12CCC(CC1)CN2C. The highest BCUT2D eigenvalue weighted by Gasteiger charge is 2.52. The summed E-state index contributed by atoms with van der Waals surface area (Å²) in [5.41, 5.74) is 3.20. The number of para-hydroxylation sites is 1. The molecule has 59 heavy (non-hydrogen) atoms. The molecule has 316 valence electrons. The summed E-state index contributed by atoms with van der Waals surface area (Å²) in [4.78, 5) is 31.3. The summed E-state index contributed by atoms with van der Waals surface area (Å²) in [6.45, 7) is 8.02. The lowest BCUT2D eigenvalue weighted by molar-refractivity contribution is -0.274. The Labute approximate surface area is 352 Å². The van der Waals surface area contributed by atoms with E-state index in [1.165, 1.54) is 36.6 Å². The molecule has 2 atom stereocenters. The van der Waals surface area contributed by atoms with Gasteiger partial charge in [0.15, 0.2) is 0 Å². The van der Waals surface area contributed by atoms with Gasteiger partial charge in [0, 0.05) is 24.2 Å². The zero-order chi connectivity index (χ0) is 42.4. The van der Waals surface area contributed by atoms with Gasteiger partial charge in [-0.3, -0.25) is 19.4 Å². The van der Waals surface area contributed by atoms with Gasteiger partial charge in [0.1, 0.15) is 5.75 Å². The molecule has 2 amide bonds. The summed E-state index contributed by atoms with van der Waals surface area (Å²) in [5, 5.41) is 6.96. The number of hydrogen-bond donors (Lipinski definition) is 2. The maximum Gasteiger partial charge on any atom is 0.573 e. The van der Waals surface area contributed by atoms with Crippen molar-refractivity contribution in [1.82, 2.24) is 20.4 Å². The van der Waals surface area contributed by atoms with Gasteiger partial charge in [-0.2, -0.15) is 0 Å². The van der Waals surface area contributed by atoms with Crippen molar-refractivity contribution >= 4 is 23.4 Å². The van der Waals surface area contributed by atoms with E-state index in [0.717, 1.165) is 74.7 Å². The van der Waals surface area contributed by atoms with E-state index in [1.54, 1.807) is 6.07 Å². The van der Waals surface area contributed by atoms with E-state index in [4.69, 9.17) is 11.6 Å². The van der Waals surface area contributed by atoms with Crippen LogP contribution >= 0.6 is 11.6 Å². The molecule has 0 spiro atoms. The fourth-order valence-electron chi connectivity index (χ4n) is 10.2. The van der Waals surface area contributed by atoms with Crippen molar-refractivity contribution in [2.45, 2.75) is 102 Å². The number of amides is 2. The maximum absolute atomic E-state index is 13.3. The first-order valence-electron chi connectivity index (χ1n) is 21.0. The van der Waals surface area contributed by atoms with Crippen LogP contribution in [-0.4, -0.2) is 66.2 Å². The lowest BCUT2D eigenvalue weighted by Gasteiger charge is -2.57. The first-order chi connectivity index (χ1) is 28.3.